The third-order valence-electron chi connectivity index (χ3n) is 4.28. The number of hydrogen-bond acceptors (Lipinski definition) is 3. The Labute approximate surface area is 131 Å². The Bertz CT molecular complexity index is 490. The maximum absolute atomic E-state index is 11.7. The summed E-state index contributed by atoms with van der Waals surface area (Å²) in [6, 6.07) is 5.88. The van der Waals surface area contributed by atoms with Crippen molar-refractivity contribution in [3.05, 3.63) is 23.8 Å². The van der Waals surface area contributed by atoms with Gasteiger partial charge in [0, 0.05) is 18.0 Å². The molecule has 1 aliphatic rings. The molecule has 0 aliphatic carbocycles. The summed E-state index contributed by atoms with van der Waals surface area (Å²) in [7, 11) is 0. The summed E-state index contributed by atoms with van der Waals surface area (Å²) in [5.41, 5.74) is 1.39. The normalized spacial score (nSPS) is 19.3. The summed E-state index contributed by atoms with van der Waals surface area (Å²) in [5.74, 6) is 0.871. The Morgan fingerprint density at radius 2 is 2.14 bits per heavy atom. The molecule has 2 rings (SSSR count). The van der Waals surface area contributed by atoms with Crippen molar-refractivity contribution in [3.63, 3.8) is 0 Å². The zero-order chi connectivity index (χ0) is 15.2. The lowest BCUT2D eigenvalue weighted by Gasteiger charge is -2.25. The van der Waals surface area contributed by atoms with Gasteiger partial charge in [0.05, 0.1) is 11.3 Å². The molecule has 0 bridgehead atoms. The number of thioether (sulfide) groups is 1. The van der Waals surface area contributed by atoms with Gasteiger partial charge in [-0.25, -0.2) is 4.79 Å². The molecule has 0 aromatic heterocycles. The van der Waals surface area contributed by atoms with Crippen LogP contribution in [0.4, 0.5) is 5.69 Å². The van der Waals surface area contributed by atoms with Gasteiger partial charge in [-0.3, -0.25) is 0 Å². The highest BCUT2D eigenvalue weighted by molar-refractivity contribution is 7.99. The molecule has 1 aromatic carbocycles. The fourth-order valence-electron chi connectivity index (χ4n) is 3.09. The van der Waals surface area contributed by atoms with Gasteiger partial charge in [-0.15, -0.1) is 11.8 Å². The second-order valence-electron chi connectivity index (χ2n) is 5.58. The number of carboxylic acid groups (broad SMARTS) is 1. The Hall–Kier alpha value is -1.16. The highest BCUT2D eigenvalue weighted by Gasteiger charge is 2.22. The predicted octanol–water partition coefficient (Wildman–Crippen LogP) is 4.51. The zero-order valence-electron chi connectivity index (χ0n) is 13.0. The molecule has 1 aliphatic heterocycles. The third-order valence-corrected chi connectivity index (χ3v) is 5.22. The van der Waals surface area contributed by atoms with Crippen LogP contribution in [0.5, 0.6) is 0 Å². The lowest BCUT2D eigenvalue weighted by molar-refractivity contribution is 0.0694. The van der Waals surface area contributed by atoms with Crippen molar-refractivity contribution in [1.29, 1.82) is 0 Å². The molecular formula is C17H25NO2S. The first-order valence-corrected chi connectivity index (χ1v) is 8.90. The molecule has 1 unspecified atom stereocenters. The molecule has 21 heavy (non-hydrogen) atoms. The number of benzene rings is 1. The quantitative estimate of drug-likeness (QED) is 0.812. The van der Waals surface area contributed by atoms with E-state index in [0.29, 0.717) is 5.56 Å². The second-order valence-corrected chi connectivity index (χ2v) is 6.89. The fraction of sp³-hybridized carbons (Fsp3) is 0.588. The average Bonchev–Trinajstić information content (AvgIpc) is 2.72. The first-order chi connectivity index (χ1) is 10.2. The molecule has 1 atom stereocenters. The standard InChI is InChI=1S/C17H25NO2S/c1-3-13-7-6-11-18(12-10-13)14-8-5-9-15(21-4-2)16(14)17(19)20/h5,8-9,13H,3-4,6-7,10-12H2,1-2H3,(H,19,20). The van der Waals surface area contributed by atoms with Crippen LogP contribution in [0.3, 0.4) is 0 Å². The van der Waals surface area contributed by atoms with E-state index in [0.717, 1.165) is 41.8 Å². The van der Waals surface area contributed by atoms with Crippen LogP contribution in [0.15, 0.2) is 23.1 Å². The monoisotopic (exact) mass is 307 g/mol. The van der Waals surface area contributed by atoms with E-state index in [9.17, 15) is 9.90 Å². The highest BCUT2D eigenvalue weighted by Crippen LogP contribution is 2.33. The molecule has 0 radical (unpaired) electrons. The zero-order valence-corrected chi connectivity index (χ0v) is 13.8. The first kappa shape index (κ1) is 16.2. The van der Waals surface area contributed by atoms with Gasteiger partial charge < -0.3 is 10.0 Å². The molecular weight excluding hydrogens is 282 g/mol. The van der Waals surface area contributed by atoms with Crippen molar-refractivity contribution in [2.45, 2.75) is 44.4 Å². The van der Waals surface area contributed by atoms with E-state index in [1.54, 1.807) is 11.8 Å². The Morgan fingerprint density at radius 3 is 2.81 bits per heavy atom. The maximum Gasteiger partial charge on any atom is 0.338 e. The summed E-state index contributed by atoms with van der Waals surface area (Å²) < 4.78 is 0. The molecule has 4 heteroatoms. The summed E-state index contributed by atoms with van der Waals surface area (Å²) in [5, 5.41) is 9.63. The Balaban J connectivity index is 2.29. The van der Waals surface area contributed by atoms with E-state index in [1.807, 2.05) is 18.2 Å². The van der Waals surface area contributed by atoms with Crippen molar-refractivity contribution in [2.24, 2.45) is 5.92 Å². The van der Waals surface area contributed by atoms with Crippen LogP contribution in [-0.2, 0) is 0 Å². The van der Waals surface area contributed by atoms with E-state index in [4.69, 9.17) is 0 Å². The van der Waals surface area contributed by atoms with E-state index >= 15 is 0 Å². The molecule has 0 spiro atoms. The average molecular weight is 307 g/mol. The molecule has 1 N–H and O–H groups in total. The summed E-state index contributed by atoms with van der Waals surface area (Å²) in [4.78, 5) is 14.9. The molecule has 116 valence electrons. The SMILES string of the molecule is CCSc1cccc(N2CCCC(CC)CC2)c1C(=O)O. The number of carbonyl (C=O) groups is 1. The number of aromatic carboxylic acids is 1. The number of anilines is 1. The third kappa shape index (κ3) is 3.94. The van der Waals surface area contributed by atoms with E-state index in [2.05, 4.69) is 18.7 Å². The summed E-state index contributed by atoms with van der Waals surface area (Å²) >= 11 is 1.61. The van der Waals surface area contributed by atoms with Crippen molar-refractivity contribution in [1.82, 2.24) is 0 Å². The molecule has 1 saturated heterocycles. The minimum absolute atomic E-state index is 0.485. The fourth-order valence-corrected chi connectivity index (χ4v) is 3.91. The van der Waals surface area contributed by atoms with Crippen LogP contribution in [0, 0.1) is 5.92 Å². The molecule has 1 heterocycles. The van der Waals surface area contributed by atoms with Crippen LogP contribution >= 0.6 is 11.8 Å². The second kappa shape index (κ2) is 7.74. The molecule has 0 amide bonds. The van der Waals surface area contributed by atoms with E-state index in [1.165, 1.54) is 19.3 Å². The molecule has 1 fully saturated rings. The van der Waals surface area contributed by atoms with Crippen molar-refractivity contribution in [2.75, 3.05) is 23.7 Å². The van der Waals surface area contributed by atoms with Crippen LogP contribution in [-0.4, -0.2) is 29.9 Å². The van der Waals surface area contributed by atoms with Gasteiger partial charge >= 0.3 is 5.97 Å². The van der Waals surface area contributed by atoms with Crippen LogP contribution in [0.2, 0.25) is 0 Å². The smallest absolute Gasteiger partial charge is 0.338 e. The van der Waals surface area contributed by atoms with Gasteiger partial charge in [0.1, 0.15) is 0 Å². The van der Waals surface area contributed by atoms with Gasteiger partial charge in [-0.1, -0.05) is 26.3 Å². The number of carboxylic acids is 1. The van der Waals surface area contributed by atoms with Crippen molar-refractivity contribution < 1.29 is 9.90 Å². The molecule has 1 aromatic rings. The van der Waals surface area contributed by atoms with Gasteiger partial charge in [-0.05, 0) is 43.1 Å². The van der Waals surface area contributed by atoms with Crippen LogP contribution in [0.25, 0.3) is 0 Å². The van der Waals surface area contributed by atoms with Crippen molar-refractivity contribution >= 4 is 23.4 Å². The van der Waals surface area contributed by atoms with E-state index in [-0.39, 0.29) is 0 Å². The topological polar surface area (TPSA) is 40.5 Å². The summed E-state index contributed by atoms with van der Waals surface area (Å²) in [6.07, 6.45) is 4.81. The highest BCUT2D eigenvalue weighted by atomic mass is 32.2. The van der Waals surface area contributed by atoms with Crippen LogP contribution in [0.1, 0.15) is 49.9 Å². The number of rotatable bonds is 5. The first-order valence-electron chi connectivity index (χ1n) is 7.91. The van der Waals surface area contributed by atoms with Crippen LogP contribution < -0.4 is 4.90 Å². The summed E-state index contributed by atoms with van der Waals surface area (Å²) in [6.45, 7) is 6.25. The minimum atomic E-state index is -0.808. The maximum atomic E-state index is 11.7. The van der Waals surface area contributed by atoms with Gasteiger partial charge in [0.25, 0.3) is 0 Å². The van der Waals surface area contributed by atoms with Gasteiger partial charge in [0.15, 0.2) is 0 Å². The Kier molecular flexibility index (Phi) is 5.97. The number of hydrogen-bond donors (Lipinski definition) is 1. The number of nitrogens with zero attached hydrogens (tertiary/aromatic N) is 1. The minimum Gasteiger partial charge on any atom is -0.478 e. The Morgan fingerprint density at radius 1 is 1.33 bits per heavy atom. The van der Waals surface area contributed by atoms with Gasteiger partial charge in [-0.2, -0.15) is 0 Å². The molecule has 3 nitrogen and oxygen atoms in total. The van der Waals surface area contributed by atoms with Gasteiger partial charge in [0.2, 0.25) is 0 Å². The largest absolute Gasteiger partial charge is 0.478 e. The molecule has 0 saturated carbocycles. The lowest BCUT2D eigenvalue weighted by atomic mass is 9.98. The predicted molar refractivity (Wildman–Crippen MR) is 89.6 cm³/mol. The van der Waals surface area contributed by atoms with Crippen molar-refractivity contribution in [3.8, 4) is 0 Å². The lowest BCUT2D eigenvalue weighted by Crippen LogP contribution is -2.26. The van der Waals surface area contributed by atoms with E-state index < -0.39 is 5.97 Å².